The predicted molar refractivity (Wildman–Crippen MR) is 135 cm³/mol. The van der Waals surface area contributed by atoms with Crippen molar-refractivity contribution in [2.45, 2.75) is 4.90 Å². The summed E-state index contributed by atoms with van der Waals surface area (Å²) >= 11 is 6.11. The van der Waals surface area contributed by atoms with Crippen molar-refractivity contribution in [2.24, 2.45) is 0 Å². The summed E-state index contributed by atoms with van der Waals surface area (Å²) in [6.07, 6.45) is 0. The van der Waals surface area contributed by atoms with E-state index in [9.17, 15) is 13.2 Å². The summed E-state index contributed by atoms with van der Waals surface area (Å²) < 4.78 is 33.7. The summed E-state index contributed by atoms with van der Waals surface area (Å²) in [5.41, 5.74) is 2.17. The van der Waals surface area contributed by atoms with Crippen LogP contribution in [0, 0.1) is 0 Å². The van der Waals surface area contributed by atoms with E-state index >= 15 is 0 Å². The van der Waals surface area contributed by atoms with Crippen LogP contribution >= 0.6 is 11.6 Å². The summed E-state index contributed by atoms with van der Waals surface area (Å²) in [4.78, 5) is 13.1. The van der Waals surface area contributed by atoms with Crippen molar-refractivity contribution in [1.29, 1.82) is 0 Å². The second-order valence-corrected chi connectivity index (χ2v) is 9.96. The Morgan fingerprint density at radius 3 is 2.35 bits per heavy atom. The molecule has 0 unspecified atom stereocenters. The lowest BCUT2D eigenvalue weighted by molar-refractivity contribution is -0.114. The third-order valence-electron chi connectivity index (χ3n) is 5.38. The van der Waals surface area contributed by atoms with Crippen LogP contribution in [0.4, 0.5) is 11.4 Å². The lowest BCUT2D eigenvalue weighted by Gasteiger charge is -2.24. The van der Waals surface area contributed by atoms with Gasteiger partial charge in [-0.1, -0.05) is 54.1 Å². The maximum atomic E-state index is 13.4. The number of fused-ring (bicyclic) bond motifs is 3. The van der Waals surface area contributed by atoms with Gasteiger partial charge in [0.15, 0.2) is 0 Å². The lowest BCUT2D eigenvalue weighted by Crippen LogP contribution is -2.38. The predicted octanol–water partition coefficient (Wildman–Crippen LogP) is 6.07. The number of benzene rings is 4. The van der Waals surface area contributed by atoms with Crippen LogP contribution in [0.3, 0.4) is 0 Å². The van der Waals surface area contributed by atoms with Crippen molar-refractivity contribution in [3.8, 4) is 0 Å². The first-order chi connectivity index (χ1) is 16.4. The number of hydrogen-bond acceptors (Lipinski definition) is 4. The van der Waals surface area contributed by atoms with Crippen molar-refractivity contribution in [3.05, 3.63) is 102 Å². The van der Waals surface area contributed by atoms with Gasteiger partial charge >= 0.3 is 0 Å². The van der Waals surface area contributed by atoms with Crippen LogP contribution in [0.1, 0.15) is 0 Å². The zero-order chi connectivity index (χ0) is 23.7. The first-order valence-corrected chi connectivity index (χ1v) is 12.3. The van der Waals surface area contributed by atoms with E-state index in [1.54, 1.807) is 48.5 Å². The fourth-order valence-corrected chi connectivity index (χ4v) is 5.42. The van der Waals surface area contributed by atoms with Crippen LogP contribution in [-0.4, -0.2) is 20.9 Å². The van der Waals surface area contributed by atoms with Crippen molar-refractivity contribution < 1.29 is 17.6 Å². The van der Waals surface area contributed by atoms with E-state index in [1.165, 1.54) is 18.2 Å². The van der Waals surface area contributed by atoms with Gasteiger partial charge in [0, 0.05) is 27.5 Å². The SMILES string of the molecule is O=C(CN(c1cccc(Cl)c1)S(=O)(=O)c1ccccc1)Nc1ccc2c(c1)oc1ccccc12. The van der Waals surface area contributed by atoms with E-state index in [0.717, 1.165) is 20.7 Å². The first kappa shape index (κ1) is 22.0. The van der Waals surface area contributed by atoms with Gasteiger partial charge in [0.25, 0.3) is 10.0 Å². The Morgan fingerprint density at radius 2 is 1.56 bits per heavy atom. The molecule has 0 aliphatic carbocycles. The number of halogens is 1. The van der Waals surface area contributed by atoms with E-state index < -0.39 is 22.5 Å². The normalized spacial score (nSPS) is 11.6. The van der Waals surface area contributed by atoms with Crippen molar-refractivity contribution >= 4 is 60.8 Å². The van der Waals surface area contributed by atoms with Gasteiger partial charge in [-0.25, -0.2) is 8.42 Å². The van der Waals surface area contributed by atoms with Gasteiger partial charge in [-0.05, 0) is 48.5 Å². The minimum absolute atomic E-state index is 0.0754. The maximum Gasteiger partial charge on any atom is 0.264 e. The largest absolute Gasteiger partial charge is 0.456 e. The number of anilines is 2. The van der Waals surface area contributed by atoms with Crippen LogP contribution < -0.4 is 9.62 Å². The molecule has 4 aromatic carbocycles. The lowest BCUT2D eigenvalue weighted by atomic mass is 10.1. The number of rotatable bonds is 6. The molecule has 5 aromatic rings. The second-order valence-electron chi connectivity index (χ2n) is 7.66. The Kier molecular flexibility index (Phi) is 5.73. The molecule has 0 radical (unpaired) electrons. The van der Waals surface area contributed by atoms with Gasteiger partial charge < -0.3 is 9.73 Å². The van der Waals surface area contributed by atoms with Gasteiger partial charge in [-0.3, -0.25) is 9.10 Å². The highest BCUT2D eigenvalue weighted by Gasteiger charge is 2.27. The number of hydrogen-bond donors (Lipinski definition) is 1. The van der Waals surface area contributed by atoms with Crippen molar-refractivity contribution in [3.63, 3.8) is 0 Å². The van der Waals surface area contributed by atoms with Crippen molar-refractivity contribution in [2.75, 3.05) is 16.2 Å². The zero-order valence-corrected chi connectivity index (χ0v) is 19.4. The average Bonchev–Trinajstić information content (AvgIpc) is 3.21. The maximum absolute atomic E-state index is 13.4. The highest BCUT2D eigenvalue weighted by molar-refractivity contribution is 7.92. The molecule has 0 bridgehead atoms. The quantitative estimate of drug-likeness (QED) is 0.313. The van der Waals surface area contributed by atoms with Crippen LogP contribution in [0.25, 0.3) is 21.9 Å². The number of amides is 1. The van der Waals surface area contributed by atoms with Gasteiger partial charge in [-0.15, -0.1) is 0 Å². The molecular weight excluding hydrogens is 472 g/mol. The van der Waals surface area contributed by atoms with Gasteiger partial charge in [0.2, 0.25) is 5.91 Å². The number of nitrogens with one attached hydrogen (secondary N) is 1. The molecule has 0 fully saturated rings. The van der Waals surface area contributed by atoms with Crippen LogP contribution in [0.5, 0.6) is 0 Å². The van der Waals surface area contributed by atoms with E-state index in [4.69, 9.17) is 16.0 Å². The molecular formula is C26H19ClN2O4S. The zero-order valence-electron chi connectivity index (χ0n) is 17.8. The van der Waals surface area contributed by atoms with E-state index in [0.29, 0.717) is 22.0 Å². The summed E-state index contributed by atoms with van der Waals surface area (Å²) in [6.45, 7) is -0.435. The number of carbonyl (C=O) groups is 1. The highest BCUT2D eigenvalue weighted by Crippen LogP contribution is 2.31. The Morgan fingerprint density at radius 1 is 0.824 bits per heavy atom. The Balaban J connectivity index is 1.45. The summed E-state index contributed by atoms with van der Waals surface area (Å²) in [6, 6.07) is 27.4. The van der Waals surface area contributed by atoms with Crippen molar-refractivity contribution in [1.82, 2.24) is 0 Å². The fourth-order valence-electron chi connectivity index (χ4n) is 3.80. The van der Waals surface area contributed by atoms with Gasteiger partial charge in [0.05, 0.1) is 10.6 Å². The molecule has 8 heteroatoms. The number of carbonyl (C=O) groups excluding carboxylic acids is 1. The molecule has 0 aliphatic heterocycles. The molecule has 0 atom stereocenters. The molecule has 0 saturated heterocycles. The molecule has 34 heavy (non-hydrogen) atoms. The minimum atomic E-state index is -4.01. The highest BCUT2D eigenvalue weighted by atomic mass is 35.5. The summed E-state index contributed by atoms with van der Waals surface area (Å²) in [7, 11) is -4.01. The average molecular weight is 491 g/mol. The molecule has 1 amide bonds. The molecule has 1 aromatic heterocycles. The first-order valence-electron chi connectivity index (χ1n) is 10.5. The number of para-hydroxylation sites is 1. The number of sulfonamides is 1. The van der Waals surface area contributed by atoms with E-state index in [-0.39, 0.29) is 4.90 Å². The van der Waals surface area contributed by atoms with Crippen LogP contribution in [0.2, 0.25) is 5.02 Å². The minimum Gasteiger partial charge on any atom is -0.456 e. The molecule has 1 heterocycles. The molecule has 5 rings (SSSR count). The van der Waals surface area contributed by atoms with Gasteiger partial charge in [0.1, 0.15) is 17.7 Å². The Bertz CT molecular complexity index is 1610. The molecule has 0 spiro atoms. The monoisotopic (exact) mass is 490 g/mol. The summed E-state index contributed by atoms with van der Waals surface area (Å²) in [5.74, 6) is -0.505. The van der Waals surface area contributed by atoms with Crippen LogP contribution in [0.15, 0.2) is 106 Å². The standard InChI is InChI=1S/C26H19ClN2O4S/c27-18-7-6-8-20(15-18)29(34(31,32)21-9-2-1-3-10-21)17-26(30)28-19-13-14-23-22-11-4-5-12-24(22)33-25(23)16-19/h1-16H,17H2,(H,28,30). The molecule has 0 saturated carbocycles. The Hall–Kier alpha value is -3.81. The third-order valence-corrected chi connectivity index (χ3v) is 7.40. The molecule has 1 N–H and O–H groups in total. The topological polar surface area (TPSA) is 79.6 Å². The second kappa shape index (κ2) is 8.85. The molecule has 170 valence electrons. The smallest absolute Gasteiger partial charge is 0.264 e. The molecule has 6 nitrogen and oxygen atoms in total. The molecule has 0 aliphatic rings. The third kappa shape index (κ3) is 4.23. The van der Waals surface area contributed by atoms with Gasteiger partial charge in [-0.2, -0.15) is 0 Å². The number of furan rings is 1. The van der Waals surface area contributed by atoms with E-state index in [2.05, 4.69) is 5.32 Å². The van der Waals surface area contributed by atoms with Crippen LogP contribution in [-0.2, 0) is 14.8 Å². The van der Waals surface area contributed by atoms with E-state index in [1.807, 2.05) is 30.3 Å². The Labute approximate surface area is 201 Å². The summed E-state index contributed by atoms with van der Waals surface area (Å²) in [5, 5.41) is 5.06. The fraction of sp³-hybridized carbons (Fsp3) is 0.0385. The number of nitrogens with zero attached hydrogens (tertiary/aromatic N) is 1.